The first-order valence-corrected chi connectivity index (χ1v) is 4.66. The highest BCUT2D eigenvalue weighted by Crippen LogP contribution is 1.99. The van der Waals surface area contributed by atoms with E-state index in [2.05, 4.69) is 5.32 Å². The van der Waals surface area contributed by atoms with Crippen molar-refractivity contribution in [1.29, 1.82) is 0 Å². The van der Waals surface area contributed by atoms with Gasteiger partial charge in [-0.25, -0.2) is 0 Å². The Morgan fingerprint density at radius 3 is 3.13 bits per heavy atom. The number of hydrogen-bond acceptors (Lipinski definition) is 3. The van der Waals surface area contributed by atoms with E-state index in [-0.39, 0.29) is 18.2 Å². The predicted molar refractivity (Wildman–Crippen MR) is 53.2 cm³/mol. The van der Waals surface area contributed by atoms with Crippen LogP contribution in [0.2, 0.25) is 0 Å². The second-order valence-corrected chi connectivity index (χ2v) is 3.08. The molecule has 15 heavy (non-hydrogen) atoms. The minimum absolute atomic E-state index is 0.109. The van der Waals surface area contributed by atoms with Crippen LogP contribution in [0.15, 0.2) is 24.5 Å². The minimum Gasteiger partial charge on any atom is -0.503 e. The Balaban J connectivity index is 2.37. The van der Waals surface area contributed by atoms with Crippen molar-refractivity contribution in [3.8, 4) is 5.75 Å². The molecule has 0 saturated carbocycles. The highest BCUT2D eigenvalue weighted by atomic mass is 16.5. The Kier molecular flexibility index (Phi) is 4.56. The van der Waals surface area contributed by atoms with Crippen LogP contribution < -0.4 is 9.88 Å². The third-order valence-electron chi connectivity index (χ3n) is 1.80. The third kappa shape index (κ3) is 4.42. The maximum atomic E-state index is 11.3. The molecule has 2 N–H and O–H groups in total. The number of methoxy groups -OCH3 is 1. The van der Waals surface area contributed by atoms with Gasteiger partial charge in [0.25, 0.3) is 5.91 Å². The maximum Gasteiger partial charge on any atom is 0.286 e. The molecule has 0 radical (unpaired) electrons. The van der Waals surface area contributed by atoms with E-state index in [0.29, 0.717) is 13.2 Å². The van der Waals surface area contributed by atoms with Crippen molar-refractivity contribution in [3.63, 3.8) is 0 Å². The second kappa shape index (κ2) is 5.98. The quantitative estimate of drug-likeness (QED) is 0.507. The number of aromatic hydroxyl groups is 1. The molecule has 1 aromatic rings. The number of nitrogens with one attached hydrogen (secondary N) is 1. The topological polar surface area (TPSA) is 62.4 Å². The first kappa shape index (κ1) is 11.5. The van der Waals surface area contributed by atoms with Crippen LogP contribution in [0.5, 0.6) is 5.75 Å². The third-order valence-corrected chi connectivity index (χ3v) is 1.80. The van der Waals surface area contributed by atoms with E-state index < -0.39 is 0 Å². The van der Waals surface area contributed by atoms with Crippen molar-refractivity contribution in [1.82, 2.24) is 5.32 Å². The molecule has 1 heterocycles. The van der Waals surface area contributed by atoms with Gasteiger partial charge in [-0.15, -0.1) is 0 Å². The fraction of sp³-hybridized carbons (Fsp3) is 0.400. The molecule has 0 aliphatic carbocycles. The minimum atomic E-state index is -0.109. The fourth-order valence-electron chi connectivity index (χ4n) is 1.12. The number of carbonyl (C=O) groups is 1. The van der Waals surface area contributed by atoms with Crippen LogP contribution >= 0.6 is 0 Å². The van der Waals surface area contributed by atoms with E-state index >= 15 is 0 Å². The van der Waals surface area contributed by atoms with E-state index in [9.17, 15) is 4.79 Å². The summed E-state index contributed by atoms with van der Waals surface area (Å²) in [4.78, 5) is 11.3. The molecule has 0 aliphatic heterocycles. The summed E-state index contributed by atoms with van der Waals surface area (Å²) in [5.41, 5.74) is 0. The average Bonchev–Trinajstić information content (AvgIpc) is 2.18. The smallest absolute Gasteiger partial charge is 0.286 e. The molecule has 0 bridgehead atoms. The molecule has 5 nitrogen and oxygen atoms in total. The Bertz CT molecular complexity index is 328. The van der Waals surface area contributed by atoms with E-state index in [1.807, 2.05) is 0 Å². The van der Waals surface area contributed by atoms with Crippen molar-refractivity contribution >= 4 is 5.91 Å². The highest BCUT2D eigenvalue weighted by molar-refractivity contribution is 5.74. The lowest BCUT2D eigenvalue weighted by Gasteiger charge is -2.01. The summed E-state index contributed by atoms with van der Waals surface area (Å²) in [6, 6.07) is 3.23. The summed E-state index contributed by atoms with van der Waals surface area (Å²) >= 11 is 0. The van der Waals surface area contributed by atoms with Crippen molar-refractivity contribution < 1.29 is 19.2 Å². The maximum absolute atomic E-state index is 11.3. The van der Waals surface area contributed by atoms with Gasteiger partial charge >= 0.3 is 0 Å². The van der Waals surface area contributed by atoms with Gasteiger partial charge in [-0.05, 0) is 6.07 Å². The van der Waals surface area contributed by atoms with Crippen LogP contribution in [0, 0.1) is 0 Å². The molecule has 0 spiro atoms. The summed E-state index contributed by atoms with van der Waals surface area (Å²) in [7, 11) is 1.58. The van der Waals surface area contributed by atoms with Gasteiger partial charge in [0.05, 0.1) is 6.61 Å². The zero-order valence-electron chi connectivity index (χ0n) is 8.64. The molecule has 0 saturated heterocycles. The number of amides is 1. The zero-order chi connectivity index (χ0) is 11.1. The number of pyridine rings is 1. The van der Waals surface area contributed by atoms with E-state index in [1.165, 1.54) is 6.20 Å². The van der Waals surface area contributed by atoms with E-state index in [1.54, 1.807) is 30.0 Å². The second-order valence-electron chi connectivity index (χ2n) is 3.08. The zero-order valence-corrected chi connectivity index (χ0v) is 8.64. The largest absolute Gasteiger partial charge is 0.503 e. The normalized spacial score (nSPS) is 9.93. The highest BCUT2D eigenvalue weighted by Gasteiger charge is 2.08. The molecule has 0 fully saturated rings. The molecular formula is C10H15N2O3+. The standard InChI is InChI=1S/C10H14N2O3/c1-15-6-4-11-10(14)8-12-5-2-3-9(13)7-12/h2-3,5,7H,4,6,8H2,1H3,(H-,11,13,14)/p+1. The first-order chi connectivity index (χ1) is 7.22. The number of nitrogens with zero attached hydrogens (tertiary/aromatic N) is 1. The van der Waals surface area contributed by atoms with E-state index in [0.717, 1.165) is 0 Å². The molecule has 0 unspecified atom stereocenters. The summed E-state index contributed by atoms with van der Waals surface area (Å²) in [5, 5.41) is 11.9. The first-order valence-electron chi connectivity index (χ1n) is 4.66. The van der Waals surface area contributed by atoms with Gasteiger partial charge < -0.3 is 15.2 Å². The number of carbonyl (C=O) groups excluding carboxylic acids is 1. The number of aromatic nitrogens is 1. The van der Waals surface area contributed by atoms with Gasteiger partial charge in [-0.1, -0.05) is 0 Å². The van der Waals surface area contributed by atoms with Crippen molar-refractivity contribution in [2.24, 2.45) is 0 Å². The lowest BCUT2D eigenvalue weighted by atomic mass is 10.4. The van der Waals surface area contributed by atoms with Crippen molar-refractivity contribution in [2.45, 2.75) is 6.54 Å². The van der Waals surface area contributed by atoms with Gasteiger partial charge in [0.2, 0.25) is 12.7 Å². The van der Waals surface area contributed by atoms with Gasteiger partial charge in [-0.2, -0.15) is 4.57 Å². The number of rotatable bonds is 5. The van der Waals surface area contributed by atoms with Crippen molar-refractivity contribution in [2.75, 3.05) is 20.3 Å². The molecule has 1 amide bonds. The van der Waals surface area contributed by atoms with Gasteiger partial charge in [0, 0.05) is 19.7 Å². The predicted octanol–water partition coefficient (Wildman–Crippen LogP) is -0.558. The van der Waals surface area contributed by atoms with Crippen LogP contribution in [-0.4, -0.2) is 31.3 Å². The Morgan fingerprint density at radius 2 is 2.47 bits per heavy atom. The fourth-order valence-corrected chi connectivity index (χ4v) is 1.12. The average molecular weight is 211 g/mol. The van der Waals surface area contributed by atoms with Crippen LogP contribution in [0.3, 0.4) is 0 Å². The lowest BCUT2D eigenvalue weighted by Crippen LogP contribution is -2.43. The van der Waals surface area contributed by atoms with Crippen LogP contribution in [-0.2, 0) is 16.1 Å². The van der Waals surface area contributed by atoms with Gasteiger partial charge in [0.1, 0.15) is 0 Å². The number of ether oxygens (including phenoxy) is 1. The van der Waals surface area contributed by atoms with Gasteiger partial charge in [-0.3, -0.25) is 4.79 Å². The monoisotopic (exact) mass is 211 g/mol. The van der Waals surface area contributed by atoms with Gasteiger partial charge in [0.15, 0.2) is 11.9 Å². The van der Waals surface area contributed by atoms with Crippen molar-refractivity contribution in [3.05, 3.63) is 24.5 Å². The number of hydrogen-bond donors (Lipinski definition) is 2. The molecule has 0 aliphatic rings. The molecule has 1 rings (SSSR count). The lowest BCUT2D eigenvalue weighted by molar-refractivity contribution is -0.684. The molecule has 82 valence electrons. The van der Waals surface area contributed by atoms with E-state index in [4.69, 9.17) is 9.84 Å². The summed E-state index contributed by atoms with van der Waals surface area (Å²) < 4.78 is 6.41. The molecule has 0 aromatic carbocycles. The summed E-state index contributed by atoms with van der Waals surface area (Å²) in [5.74, 6) is 0.0323. The summed E-state index contributed by atoms with van der Waals surface area (Å²) in [6.07, 6.45) is 3.21. The molecule has 5 heteroatoms. The molecular weight excluding hydrogens is 196 g/mol. The van der Waals surface area contributed by atoms with Crippen LogP contribution in [0.25, 0.3) is 0 Å². The Labute approximate surface area is 88.3 Å². The Hall–Kier alpha value is -1.62. The van der Waals surface area contributed by atoms with Crippen LogP contribution in [0.4, 0.5) is 0 Å². The Morgan fingerprint density at radius 1 is 1.67 bits per heavy atom. The SMILES string of the molecule is COCCNC(=O)C[n+]1cccc(O)c1. The molecule has 0 atom stereocenters. The summed E-state index contributed by atoms with van der Waals surface area (Å²) in [6.45, 7) is 1.18. The van der Waals surface area contributed by atoms with Crippen LogP contribution in [0.1, 0.15) is 0 Å². The molecule has 1 aromatic heterocycles.